The van der Waals surface area contributed by atoms with E-state index in [0.717, 1.165) is 0 Å². The van der Waals surface area contributed by atoms with Crippen LogP contribution in [0.1, 0.15) is 0 Å². The smallest absolute Gasteiger partial charge is 0.0682 e. The van der Waals surface area contributed by atoms with Gasteiger partial charge in [-0.05, 0) is 6.92 Å². The number of hydrogen-bond acceptors (Lipinski definition) is 0. The highest BCUT2D eigenvalue weighted by molar-refractivity contribution is 6.80. The standard InChI is InChI=1S/C6H13Si/c1-5-6-7(2,3)4/h5-6H,1H2,2-4H3/b6-5+. The van der Waals surface area contributed by atoms with Crippen LogP contribution in [0, 0.1) is 6.92 Å². The summed E-state index contributed by atoms with van der Waals surface area (Å²) in [5.41, 5.74) is 2.22. The molecule has 0 aliphatic carbocycles. The summed E-state index contributed by atoms with van der Waals surface area (Å²) in [7, 11) is -0.900. The van der Waals surface area contributed by atoms with Gasteiger partial charge in [0.1, 0.15) is 0 Å². The van der Waals surface area contributed by atoms with Crippen molar-refractivity contribution in [1.82, 2.24) is 0 Å². The second-order valence-corrected chi connectivity index (χ2v) is 7.83. The van der Waals surface area contributed by atoms with Crippen LogP contribution in [-0.2, 0) is 0 Å². The zero-order valence-electron chi connectivity index (χ0n) is 5.36. The molecule has 0 atom stereocenters. The van der Waals surface area contributed by atoms with Crippen LogP contribution in [0.15, 0.2) is 11.8 Å². The Kier molecular flexibility index (Phi) is 2.30. The Morgan fingerprint density at radius 2 is 1.71 bits per heavy atom. The van der Waals surface area contributed by atoms with Crippen molar-refractivity contribution in [3.8, 4) is 0 Å². The fourth-order valence-electron chi connectivity index (χ4n) is 0.354. The first-order chi connectivity index (χ1) is 3.06. The Morgan fingerprint density at radius 3 is 1.71 bits per heavy atom. The predicted octanol–water partition coefficient (Wildman–Crippen LogP) is 2.25. The highest BCUT2D eigenvalue weighted by atomic mass is 28.3. The molecule has 0 aliphatic heterocycles. The van der Waals surface area contributed by atoms with Gasteiger partial charge in [-0.1, -0.05) is 31.4 Å². The minimum atomic E-state index is -0.900. The van der Waals surface area contributed by atoms with Gasteiger partial charge in [0.25, 0.3) is 0 Å². The van der Waals surface area contributed by atoms with Gasteiger partial charge in [-0.3, -0.25) is 0 Å². The Labute approximate surface area is 47.3 Å². The Bertz CT molecular complexity index is 66.7. The summed E-state index contributed by atoms with van der Waals surface area (Å²) in [4.78, 5) is 0. The average molecular weight is 113 g/mol. The predicted molar refractivity (Wildman–Crippen MR) is 37.8 cm³/mol. The molecular formula is C6H13Si. The molecule has 0 fully saturated rings. The highest BCUT2D eigenvalue weighted by Gasteiger charge is 2.04. The van der Waals surface area contributed by atoms with E-state index in [2.05, 4.69) is 32.3 Å². The Hall–Kier alpha value is -0.0431. The summed E-state index contributed by atoms with van der Waals surface area (Å²) >= 11 is 0. The van der Waals surface area contributed by atoms with E-state index in [9.17, 15) is 0 Å². The minimum absolute atomic E-state index is 0.900. The molecule has 0 nitrogen and oxygen atoms in total. The third-order valence-corrected chi connectivity index (χ3v) is 1.85. The number of rotatable bonds is 1. The number of allylic oxidation sites excluding steroid dienone is 1. The quantitative estimate of drug-likeness (QED) is 0.457. The zero-order valence-corrected chi connectivity index (χ0v) is 6.36. The van der Waals surface area contributed by atoms with Crippen LogP contribution in [0.5, 0.6) is 0 Å². The van der Waals surface area contributed by atoms with Gasteiger partial charge in [0, 0.05) is 0 Å². The van der Waals surface area contributed by atoms with Gasteiger partial charge in [-0.2, -0.15) is 0 Å². The van der Waals surface area contributed by atoms with Gasteiger partial charge in [0.2, 0.25) is 0 Å². The zero-order chi connectivity index (χ0) is 5.91. The summed E-state index contributed by atoms with van der Waals surface area (Å²) in [6, 6.07) is 0. The van der Waals surface area contributed by atoms with E-state index in [1.807, 2.05) is 6.08 Å². The first kappa shape index (κ1) is 6.96. The van der Waals surface area contributed by atoms with E-state index in [0.29, 0.717) is 0 Å². The topological polar surface area (TPSA) is 0 Å². The maximum absolute atomic E-state index is 3.63. The van der Waals surface area contributed by atoms with Crippen molar-refractivity contribution in [3.63, 3.8) is 0 Å². The first-order valence-corrected chi connectivity index (χ1v) is 6.11. The molecule has 0 bridgehead atoms. The first-order valence-electron chi connectivity index (χ1n) is 2.53. The highest BCUT2D eigenvalue weighted by Crippen LogP contribution is 2.00. The van der Waals surface area contributed by atoms with Crippen LogP contribution < -0.4 is 0 Å². The van der Waals surface area contributed by atoms with Gasteiger partial charge in [-0.15, -0.1) is 0 Å². The van der Waals surface area contributed by atoms with Gasteiger partial charge in [-0.25, -0.2) is 0 Å². The van der Waals surface area contributed by atoms with E-state index in [1.54, 1.807) is 0 Å². The van der Waals surface area contributed by atoms with Crippen molar-refractivity contribution in [2.45, 2.75) is 19.6 Å². The lowest BCUT2D eigenvalue weighted by Crippen LogP contribution is -2.14. The molecule has 0 saturated carbocycles. The molecule has 1 heteroatoms. The van der Waals surface area contributed by atoms with Crippen LogP contribution >= 0.6 is 0 Å². The minimum Gasteiger partial charge on any atom is -0.0989 e. The lowest BCUT2D eigenvalue weighted by atomic mass is 10.8. The van der Waals surface area contributed by atoms with Gasteiger partial charge < -0.3 is 0 Å². The van der Waals surface area contributed by atoms with Gasteiger partial charge >= 0.3 is 0 Å². The van der Waals surface area contributed by atoms with Crippen molar-refractivity contribution in [1.29, 1.82) is 0 Å². The molecule has 0 spiro atoms. The average Bonchev–Trinajstić information content (AvgIpc) is 1.30. The molecule has 0 amide bonds. The van der Waals surface area contributed by atoms with Crippen molar-refractivity contribution in [2.75, 3.05) is 0 Å². The van der Waals surface area contributed by atoms with Crippen molar-refractivity contribution in [3.05, 3.63) is 18.7 Å². The third kappa shape index (κ3) is 5.96. The van der Waals surface area contributed by atoms with Crippen LogP contribution in [0.2, 0.25) is 19.6 Å². The fraction of sp³-hybridized carbons (Fsp3) is 0.500. The Morgan fingerprint density at radius 1 is 1.29 bits per heavy atom. The maximum Gasteiger partial charge on any atom is 0.0682 e. The van der Waals surface area contributed by atoms with Crippen LogP contribution in [-0.4, -0.2) is 8.07 Å². The second kappa shape index (κ2) is 2.31. The molecular weight excluding hydrogens is 100 g/mol. The molecule has 1 radical (unpaired) electrons. The van der Waals surface area contributed by atoms with E-state index in [4.69, 9.17) is 0 Å². The normalized spacial score (nSPS) is 13.1. The van der Waals surface area contributed by atoms with Gasteiger partial charge in [0.15, 0.2) is 0 Å². The molecule has 0 aromatic rings. The van der Waals surface area contributed by atoms with Crippen LogP contribution in [0.4, 0.5) is 0 Å². The molecule has 0 N–H and O–H groups in total. The lowest BCUT2D eigenvalue weighted by molar-refractivity contribution is 1.76. The largest absolute Gasteiger partial charge is 0.0989 e. The summed E-state index contributed by atoms with van der Waals surface area (Å²) in [5.74, 6) is 0. The fourth-order valence-corrected chi connectivity index (χ4v) is 1.06. The molecule has 7 heavy (non-hydrogen) atoms. The summed E-state index contributed by atoms with van der Waals surface area (Å²) in [6.45, 7) is 10.5. The van der Waals surface area contributed by atoms with E-state index in [-0.39, 0.29) is 0 Å². The SMILES string of the molecule is [CH2]/C=C/[Si](C)(C)C. The lowest BCUT2D eigenvalue weighted by Gasteiger charge is -2.06. The molecule has 0 rings (SSSR count). The molecule has 0 aromatic heterocycles. The number of hydrogen-bond donors (Lipinski definition) is 0. The van der Waals surface area contributed by atoms with Crippen molar-refractivity contribution >= 4 is 8.07 Å². The van der Waals surface area contributed by atoms with Crippen LogP contribution in [0.25, 0.3) is 0 Å². The molecule has 0 saturated heterocycles. The summed E-state index contributed by atoms with van der Waals surface area (Å²) < 4.78 is 0. The summed E-state index contributed by atoms with van der Waals surface area (Å²) in [5, 5.41) is 0. The monoisotopic (exact) mass is 113 g/mol. The Balaban J connectivity index is 3.56. The molecule has 0 heterocycles. The van der Waals surface area contributed by atoms with E-state index >= 15 is 0 Å². The molecule has 0 aliphatic rings. The van der Waals surface area contributed by atoms with Gasteiger partial charge in [0.05, 0.1) is 8.07 Å². The van der Waals surface area contributed by atoms with Crippen LogP contribution in [0.3, 0.4) is 0 Å². The van der Waals surface area contributed by atoms with E-state index in [1.165, 1.54) is 0 Å². The molecule has 0 aromatic carbocycles. The third-order valence-electron chi connectivity index (χ3n) is 0.618. The molecule has 41 valence electrons. The van der Waals surface area contributed by atoms with Crippen molar-refractivity contribution in [2.24, 2.45) is 0 Å². The van der Waals surface area contributed by atoms with E-state index < -0.39 is 8.07 Å². The van der Waals surface area contributed by atoms with Crippen molar-refractivity contribution < 1.29 is 0 Å². The summed E-state index contributed by atoms with van der Waals surface area (Å²) in [6.07, 6.45) is 1.90. The maximum atomic E-state index is 3.63. The molecule has 0 unspecified atom stereocenters. The second-order valence-electron chi connectivity index (χ2n) is 2.77.